The van der Waals surface area contributed by atoms with Gasteiger partial charge in [0.25, 0.3) is 0 Å². The van der Waals surface area contributed by atoms with Crippen LogP contribution in [0, 0.1) is 0 Å². The van der Waals surface area contributed by atoms with Gasteiger partial charge < -0.3 is 39.8 Å². The van der Waals surface area contributed by atoms with E-state index in [1.54, 1.807) is 28.4 Å². The van der Waals surface area contributed by atoms with Gasteiger partial charge in [0.05, 0.1) is 47.8 Å². The van der Waals surface area contributed by atoms with E-state index >= 15 is 0 Å². The number of benzene rings is 3. The van der Waals surface area contributed by atoms with E-state index in [1.807, 2.05) is 66.7 Å². The zero-order valence-corrected chi connectivity index (χ0v) is 21.5. The average Bonchev–Trinajstić information content (AvgIpc) is 2.93. The average molecular weight is 499 g/mol. The number of methoxy groups -OCH3 is 4. The van der Waals surface area contributed by atoms with E-state index in [2.05, 4.69) is 5.32 Å². The highest BCUT2D eigenvalue weighted by Crippen LogP contribution is 2.25. The minimum atomic E-state index is -0.557. The molecule has 1 atom stereocenters. The second kappa shape index (κ2) is 16.4. The molecule has 0 aliphatic heterocycles. The molecule has 0 spiro atoms. The molecule has 0 saturated heterocycles. The van der Waals surface area contributed by atoms with Crippen LogP contribution in [0.3, 0.4) is 0 Å². The SMILES string of the molecule is COc1ccc(CN)c(OC)c1.COc1ccc(CNC[C@H](O)COCc2ccccc2)c(OC)c1. The molecule has 0 aliphatic carbocycles. The maximum Gasteiger partial charge on any atom is 0.127 e. The van der Waals surface area contributed by atoms with Gasteiger partial charge in [-0.1, -0.05) is 42.5 Å². The van der Waals surface area contributed by atoms with Crippen molar-refractivity contribution in [3.05, 3.63) is 83.4 Å². The Morgan fingerprint density at radius 1 is 0.778 bits per heavy atom. The first-order valence-electron chi connectivity index (χ1n) is 11.7. The van der Waals surface area contributed by atoms with Gasteiger partial charge in [-0.2, -0.15) is 0 Å². The Hall–Kier alpha value is -3.30. The summed E-state index contributed by atoms with van der Waals surface area (Å²) in [7, 11) is 6.49. The largest absolute Gasteiger partial charge is 0.497 e. The van der Waals surface area contributed by atoms with Crippen LogP contribution in [0.5, 0.6) is 23.0 Å². The van der Waals surface area contributed by atoms with Crippen molar-refractivity contribution in [2.75, 3.05) is 41.6 Å². The number of nitrogens with two attached hydrogens (primary N) is 1. The third-order valence-corrected chi connectivity index (χ3v) is 5.33. The van der Waals surface area contributed by atoms with Crippen LogP contribution in [0.1, 0.15) is 16.7 Å². The fourth-order valence-electron chi connectivity index (χ4n) is 3.34. The Labute approximate surface area is 213 Å². The molecule has 3 aromatic carbocycles. The summed E-state index contributed by atoms with van der Waals surface area (Å²) in [5.41, 5.74) is 8.59. The lowest BCUT2D eigenvalue weighted by Crippen LogP contribution is -2.30. The molecule has 36 heavy (non-hydrogen) atoms. The third-order valence-electron chi connectivity index (χ3n) is 5.33. The lowest BCUT2D eigenvalue weighted by molar-refractivity contribution is 0.0287. The Kier molecular flexibility index (Phi) is 13.2. The molecule has 196 valence electrons. The quantitative estimate of drug-likeness (QED) is 0.329. The summed E-state index contributed by atoms with van der Waals surface area (Å²) in [6.45, 7) is 2.33. The van der Waals surface area contributed by atoms with E-state index in [0.717, 1.165) is 39.7 Å². The number of aliphatic hydroxyl groups is 1. The molecular formula is C28H38N2O6. The van der Waals surface area contributed by atoms with Crippen LogP contribution in [0.4, 0.5) is 0 Å². The molecule has 0 radical (unpaired) electrons. The number of aliphatic hydroxyl groups excluding tert-OH is 1. The summed E-state index contributed by atoms with van der Waals surface area (Å²) in [5.74, 6) is 3.07. The van der Waals surface area contributed by atoms with E-state index in [9.17, 15) is 5.11 Å². The molecule has 0 aliphatic rings. The highest BCUT2D eigenvalue weighted by atomic mass is 16.5. The molecule has 3 rings (SSSR count). The number of hydrogen-bond donors (Lipinski definition) is 3. The molecule has 8 nitrogen and oxygen atoms in total. The zero-order chi connectivity index (χ0) is 26.2. The predicted octanol–water partition coefficient (Wildman–Crippen LogP) is 3.53. The summed E-state index contributed by atoms with van der Waals surface area (Å²) < 4.78 is 26.2. The highest BCUT2D eigenvalue weighted by molar-refractivity contribution is 5.41. The summed E-state index contributed by atoms with van der Waals surface area (Å²) >= 11 is 0. The van der Waals surface area contributed by atoms with Gasteiger partial charge in [0.1, 0.15) is 23.0 Å². The van der Waals surface area contributed by atoms with Crippen LogP contribution in [-0.4, -0.2) is 52.8 Å². The maximum atomic E-state index is 9.98. The van der Waals surface area contributed by atoms with Crippen molar-refractivity contribution in [2.45, 2.75) is 25.8 Å². The topological polar surface area (TPSA) is 104 Å². The van der Waals surface area contributed by atoms with E-state index in [-0.39, 0.29) is 0 Å². The fraction of sp³-hybridized carbons (Fsp3) is 0.357. The number of nitrogens with one attached hydrogen (secondary N) is 1. The molecule has 0 fully saturated rings. The summed E-state index contributed by atoms with van der Waals surface area (Å²) in [6.07, 6.45) is -0.557. The zero-order valence-electron chi connectivity index (χ0n) is 21.5. The Morgan fingerprint density at radius 2 is 1.36 bits per heavy atom. The molecule has 8 heteroatoms. The van der Waals surface area contributed by atoms with Gasteiger partial charge in [0.15, 0.2) is 0 Å². The molecule has 0 saturated carbocycles. The highest BCUT2D eigenvalue weighted by Gasteiger charge is 2.08. The molecule has 3 aromatic rings. The van der Waals surface area contributed by atoms with Crippen molar-refractivity contribution >= 4 is 0 Å². The van der Waals surface area contributed by atoms with E-state index in [1.165, 1.54) is 0 Å². The van der Waals surface area contributed by atoms with Crippen molar-refractivity contribution < 1.29 is 28.8 Å². The first-order chi connectivity index (χ1) is 17.5. The smallest absolute Gasteiger partial charge is 0.127 e. The predicted molar refractivity (Wildman–Crippen MR) is 141 cm³/mol. The van der Waals surface area contributed by atoms with E-state index in [0.29, 0.717) is 32.8 Å². The van der Waals surface area contributed by atoms with Crippen molar-refractivity contribution in [1.29, 1.82) is 0 Å². The monoisotopic (exact) mass is 498 g/mol. The Balaban J connectivity index is 0.000000319. The number of hydrogen-bond acceptors (Lipinski definition) is 8. The van der Waals surface area contributed by atoms with Crippen LogP contribution in [-0.2, 0) is 24.4 Å². The second-order valence-electron chi connectivity index (χ2n) is 7.85. The van der Waals surface area contributed by atoms with Gasteiger partial charge in [0, 0.05) is 42.9 Å². The van der Waals surface area contributed by atoms with Gasteiger partial charge in [-0.05, 0) is 17.7 Å². The molecule has 0 amide bonds. The summed E-state index contributed by atoms with van der Waals surface area (Å²) in [4.78, 5) is 0. The van der Waals surface area contributed by atoms with Crippen molar-refractivity contribution in [3.8, 4) is 23.0 Å². The van der Waals surface area contributed by atoms with Crippen LogP contribution >= 0.6 is 0 Å². The van der Waals surface area contributed by atoms with E-state index < -0.39 is 6.10 Å². The molecule has 0 aromatic heterocycles. The van der Waals surface area contributed by atoms with Gasteiger partial charge in [0.2, 0.25) is 0 Å². The summed E-state index contributed by atoms with van der Waals surface area (Å²) in [6, 6.07) is 21.2. The molecular weight excluding hydrogens is 460 g/mol. The standard InChI is InChI=1S/C19H25NO4.C9H13NO2/c1-22-18-9-8-16(19(10-18)23-2)11-20-12-17(21)14-24-13-15-6-4-3-5-7-15;1-11-8-4-3-7(6-10)9(5-8)12-2/h3-10,17,20-21H,11-14H2,1-2H3;3-5H,6,10H2,1-2H3/t17-;/m0./s1. The Morgan fingerprint density at radius 3 is 1.92 bits per heavy atom. The maximum absolute atomic E-state index is 9.98. The van der Waals surface area contributed by atoms with Crippen molar-refractivity contribution in [2.24, 2.45) is 5.73 Å². The van der Waals surface area contributed by atoms with Crippen LogP contribution < -0.4 is 30.0 Å². The summed E-state index contributed by atoms with van der Waals surface area (Å²) in [5, 5.41) is 13.2. The molecule has 4 N–H and O–H groups in total. The first kappa shape index (κ1) is 28.9. The number of ether oxygens (including phenoxy) is 5. The molecule has 0 bridgehead atoms. The van der Waals surface area contributed by atoms with Gasteiger partial charge in [-0.25, -0.2) is 0 Å². The first-order valence-corrected chi connectivity index (χ1v) is 11.7. The number of rotatable bonds is 13. The van der Waals surface area contributed by atoms with Gasteiger partial charge >= 0.3 is 0 Å². The second-order valence-corrected chi connectivity index (χ2v) is 7.85. The van der Waals surface area contributed by atoms with Crippen LogP contribution in [0.2, 0.25) is 0 Å². The fourth-order valence-corrected chi connectivity index (χ4v) is 3.34. The molecule has 0 heterocycles. The van der Waals surface area contributed by atoms with Crippen LogP contribution in [0.15, 0.2) is 66.7 Å². The normalized spacial score (nSPS) is 11.2. The lowest BCUT2D eigenvalue weighted by Gasteiger charge is -2.14. The van der Waals surface area contributed by atoms with Crippen LogP contribution in [0.25, 0.3) is 0 Å². The minimum absolute atomic E-state index is 0.293. The van der Waals surface area contributed by atoms with Gasteiger partial charge in [-0.3, -0.25) is 0 Å². The van der Waals surface area contributed by atoms with Gasteiger partial charge in [-0.15, -0.1) is 0 Å². The van der Waals surface area contributed by atoms with Crippen molar-refractivity contribution in [1.82, 2.24) is 5.32 Å². The minimum Gasteiger partial charge on any atom is -0.497 e. The van der Waals surface area contributed by atoms with Crippen molar-refractivity contribution in [3.63, 3.8) is 0 Å². The lowest BCUT2D eigenvalue weighted by atomic mass is 10.2. The Bertz CT molecular complexity index is 1020. The third kappa shape index (κ3) is 9.75. The van der Waals surface area contributed by atoms with E-state index in [4.69, 9.17) is 29.4 Å². The molecule has 0 unspecified atom stereocenters.